The van der Waals surface area contributed by atoms with Gasteiger partial charge in [0.05, 0.1) is 6.42 Å². The average Bonchev–Trinajstić information content (AvgIpc) is 2.65. The van der Waals surface area contributed by atoms with Crippen LogP contribution < -0.4 is 16.2 Å². The van der Waals surface area contributed by atoms with E-state index in [0.717, 1.165) is 4.90 Å². The Kier molecular flexibility index (Phi) is 5.41. The smallest absolute Gasteiger partial charge is 0.261 e. The fourth-order valence-corrected chi connectivity index (χ4v) is 2.73. The number of hydrazine groups is 1. The largest absolute Gasteiger partial charge is 0.331 e. The Hall–Kier alpha value is -3.33. The first kappa shape index (κ1) is 18.5. The van der Waals surface area contributed by atoms with Crippen LogP contribution in [0.1, 0.15) is 15.9 Å². The monoisotopic (exact) mass is 386 g/mol. The predicted octanol–water partition coefficient (Wildman–Crippen LogP) is 1.37. The van der Waals surface area contributed by atoms with Crippen LogP contribution in [0.25, 0.3) is 0 Å². The third-order valence-corrected chi connectivity index (χ3v) is 4.06. The van der Waals surface area contributed by atoms with Crippen molar-refractivity contribution in [3.8, 4) is 0 Å². The minimum atomic E-state index is -0.612. The molecule has 3 rings (SSSR count). The van der Waals surface area contributed by atoms with Crippen LogP contribution in [0.3, 0.4) is 0 Å². The molecule has 138 valence electrons. The first-order valence-corrected chi connectivity index (χ1v) is 8.39. The molecule has 1 aliphatic rings. The normalized spacial score (nSPS) is 13.0. The van der Waals surface area contributed by atoms with Gasteiger partial charge in [-0.25, -0.2) is 4.39 Å². The highest BCUT2D eigenvalue weighted by Crippen LogP contribution is 2.19. The summed E-state index contributed by atoms with van der Waals surface area (Å²) < 4.78 is 12.9. The average molecular weight is 386 g/mol. The molecule has 0 aliphatic carbocycles. The fraction of sp³-hybridized carbons (Fsp3) is 0.111. The number of imide groups is 1. The number of hydrogen-bond donors (Lipinski definition) is 3. The number of halogens is 1. The second-order valence-electron chi connectivity index (χ2n) is 5.75. The van der Waals surface area contributed by atoms with Gasteiger partial charge in [-0.15, -0.1) is 0 Å². The molecule has 0 fully saturated rings. The summed E-state index contributed by atoms with van der Waals surface area (Å²) in [7, 11) is 0. The molecule has 27 heavy (non-hydrogen) atoms. The van der Waals surface area contributed by atoms with Gasteiger partial charge in [0, 0.05) is 11.3 Å². The van der Waals surface area contributed by atoms with E-state index in [-0.39, 0.29) is 17.4 Å². The molecule has 0 radical (unpaired) electrons. The number of carbonyl (C=O) groups excluding carboxylic acids is 3. The lowest BCUT2D eigenvalue weighted by atomic mass is 9.98. The molecular formula is C18H15FN4O3S. The van der Waals surface area contributed by atoms with Gasteiger partial charge in [-0.1, -0.05) is 18.2 Å². The molecule has 3 amide bonds. The number of thiocarbonyl (C=S) groups is 1. The Balaban J connectivity index is 1.53. The summed E-state index contributed by atoms with van der Waals surface area (Å²) in [6.45, 7) is -0.432. The van der Waals surface area contributed by atoms with Crippen molar-refractivity contribution in [2.45, 2.75) is 6.42 Å². The topological polar surface area (TPSA) is 90.5 Å². The SMILES string of the molecule is O=C(CN1C(=O)Cc2ccccc2C1=O)NNC(=S)Nc1ccc(F)cc1. The number of nitrogens with zero attached hydrogens (tertiary/aromatic N) is 1. The molecule has 1 aliphatic heterocycles. The van der Waals surface area contributed by atoms with Crippen molar-refractivity contribution in [1.29, 1.82) is 0 Å². The standard InChI is InChI=1S/C18H15FN4O3S/c19-12-5-7-13(8-6-12)20-18(27)22-21-15(24)10-23-16(25)9-11-3-1-2-4-14(11)17(23)26/h1-8H,9-10H2,(H,21,24)(H2,20,22,27). The zero-order chi connectivity index (χ0) is 19.4. The molecule has 0 unspecified atom stereocenters. The van der Waals surface area contributed by atoms with E-state index in [1.165, 1.54) is 24.3 Å². The van der Waals surface area contributed by atoms with Crippen molar-refractivity contribution in [3.05, 3.63) is 65.5 Å². The van der Waals surface area contributed by atoms with E-state index in [1.54, 1.807) is 24.3 Å². The van der Waals surface area contributed by atoms with Gasteiger partial charge in [-0.2, -0.15) is 0 Å². The van der Waals surface area contributed by atoms with Gasteiger partial charge in [0.1, 0.15) is 12.4 Å². The lowest BCUT2D eigenvalue weighted by Crippen LogP contribution is -2.51. The molecule has 7 nitrogen and oxygen atoms in total. The molecule has 1 heterocycles. The van der Waals surface area contributed by atoms with Crippen LogP contribution in [0, 0.1) is 5.82 Å². The number of nitrogens with one attached hydrogen (secondary N) is 3. The number of benzene rings is 2. The lowest BCUT2D eigenvalue weighted by Gasteiger charge is -2.26. The number of hydrogen-bond acceptors (Lipinski definition) is 4. The quantitative estimate of drug-likeness (QED) is 0.419. The minimum Gasteiger partial charge on any atom is -0.331 e. The third kappa shape index (κ3) is 4.45. The first-order chi connectivity index (χ1) is 12.9. The van der Waals surface area contributed by atoms with Gasteiger partial charge < -0.3 is 5.32 Å². The second kappa shape index (κ2) is 7.92. The van der Waals surface area contributed by atoms with Crippen LogP contribution >= 0.6 is 12.2 Å². The van der Waals surface area contributed by atoms with Crippen molar-refractivity contribution < 1.29 is 18.8 Å². The second-order valence-corrected chi connectivity index (χ2v) is 6.16. The molecule has 0 atom stereocenters. The van der Waals surface area contributed by atoms with Crippen LogP contribution in [0.15, 0.2) is 48.5 Å². The van der Waals surface area contributed by atoms with E-state index in [1.807, 2.05) is 0 Å². The van der Waals surface area contributed by atoms with Gasteiger partial charge in [-0.3, -0.25) is 30.1 Å². The Morgan fingerprint density at radius 3 is 2.52 bits per heavy atom. The molecule has 0 saturated heterocycles. The molecule has 0 aromatic heterocycles. The van der Waals surface area contributed by atoms with Crippen molar-refractivity contribution in [2.24, 2.45) is 0 Å². The van der Waals surface area contributed by atoms with Crippen molar-refractivity contribution in [1.82, 2.24) is 15.8 Å². The highest BCUT2D eigenvalue weighted by Gasteiger charge is 2.31. The van der Waals surface area contributed by atoms with Crippen LogP contribution in [0.2, 0.25) is 0 Å². The summed E-state index contributed by atoms with van der Waals surface area (Å²) in [6, 6.07) is 12.3. The van der Waals surface area contributed by atoms with E-state index >= 15 is 0 Å². The summed E-state index contributed by atoms with van der Waals surface area (Å²) in [5.74, 6) is -1.95. The number of carbonyl (C=O) groups is 3. The highest BCUT2D eigenvalue weighted by molar-refractivity contribution is 7.80. The zero-order valence-electron chi connectivity index (χ0n) is 14.0. The van der Waals surface area contributed by atoms with Crippen LogP contribution in [0.4, 0.5) is 10.1 Å². The molecule has 2 aromatic rings. The Morgan fingerprint density at radius 1 is 1.07 bits per heavy atom. The maximum atomic E-state index is 12.9. The van der Waals surface area contributed by atoms with Gasteiger partial charge in [-0.05, 0) is 48.1 Å². The maximum Gasteiger partial charge on any atom is 0.261 e. The summed E-state index contributed by atoms with van der Waals surface area (Å²) in [5.41, 5.74) is 6.36. The van der Waals surface area contributed by atoms with Crippen molar-refractivity contribution in [3.63, 3.8) is 0 Å². The highest BCUT2D eigenvalue weighted by atomic mass is 32.1. The van der Waals surface area contributed by atoms with E-state index in [0.29, 0.717) is 16.8 Å². The fourth-order valence-electron chi connectivity index (χ4n) is 2.57. The van der Waals surface area contributed by atoms with Gasteiger partial charge in [0.25, 0.3) is 11.8 Å². The Labute approximate surface area is 159 Å². The van der Waals surface area contributed by atoms with Gasteiger partial charge in [0.2, 0.25) is 5.91 Å². The predicted molar refractivity (Wildman–Crippen MR) is 100 cm³/mol. The number of amides is 3. The molecular weight excluding hydrogens is 371 g/mol. The van der Waals surface area contributed by atoms with E-state index in [4.69, 9.17) is 12.2 Å². The van der Waals surface area contributed by atoms with Crippen molar-refractivity contribution in [2.75, 3.05) is 11.9 Å². The zero-order valence-corrected chi connectivity index (χ0v) is 14.8. The van der Waals surface area contributed by atoms with Gasteiger partial charge in [0.15, 0.2) is 5.11 Å². The van der Waals surface area contributed by atoms with E-state index in [9.17, 15) is 18.8 Å². The summed E-state index contributed by atoms with van der Waals surface area (Å²) >= 11 is 5.01. The molecule has 0 saturated carbocycles. The lowest BCUT2D eigenvalue weighted by molar-refractivity contribution is -0.133. The molecule has 2 aromatic carbocycles. The van der Waals surface area contributed by atoms with Crippen molar-refractivity contribution >= 4 is 40.7 Å². The number of rotatable bonds is 3. The van der Waals surface area contributed by atoms with Crippen LogP contribution in [-0.4, -0.2) is 34.3 Å². The molecule has 0 spiro atoms. The van der Waals surface area contributed by atoms with Crippen LogP contribution in [0.5, 0.6) is 0 Å². The Morgan fingerprint density at radius 2 is 1.78 bits per heavy atom. The third-order valence-electron chi connectivity index (χ3n) is 3.85. The number of anilines is 1. The van der Waals surface area contributed by atoms with E-state index < -0.39 is 24.3 Å². The number of fused-ring (bicyclic) bond motifs is 1. The molecule has 9 heteroatoms. The molecule has 0 bridgehead atoms. The summed E-state index contributed by atoms with van der Waals surface area (Å²) in [6.07, 6.45) is 0.0627. The van der Waals surface area contributed by atoms with E-state index in [2.05, 4.69) is 16.2 Å². The minimum absolute atomic E-state index is 0.0627. The van der Waals surface area contributed by atoms with Crippen LogP contribution in [-0.2, 0) is 16.0 Å². The Bertz CT molecular complexity index is 917. The summed E-state index contributed by atoms with van der Waals surface area (Å²) in [4.78, 5) is 37.5. The maximum absolute atomic E-state index is 12.9. The van der Waals surface area contributed by atoms with Gasteiger partial charge >= 0.3 is 0 Å². The first-order valence-electron chi connectivity index (χ1n) is 7.98. The summed E-state index contributed by atoms with van der Waals surface area (Å²) in [5, 5.41) is 2.82. The molecule has 3 N–H and O–H groups in total.